The van der Waals surface area contributed by atoms with Crippen molar-refractivity contribution in [3.8, 4) is 0 Å². The molecule has 21 heavy (non-hydrogen) atoms. The molecule has 0 aliphatic rings. The van der Waals surface area contributed by atoms with Crippen molar-refractivity contribution in [2.75, 3.05) is 0 Å². The quantitative estimate of drug-likeness (QED) is 0.393. The van der Waals surface area contributed by atoms with Gasteiger partial charge < -0.3 is 44.4 Å². The molecule has 0 fully saturated rings. The molecule has 10 heteroatoms. The first-order chi connectivity index (χ1) is 8.66. The number of aliphatic carboxylic acids is 4. The Morgan fingerprint density at radius 3 is 0.476 bits per heavy atom. The Hall–Kier alpha value is -1.74. The predicted octanol–water partition coefficient (Wildman–Crippen LogP) is -4.38. The molecule has 0 aromatic carbocycles. The van der Waals surface area contributed by atoms with Crippen molar-refractivity contribution >= 4 is 29.7 Å². The summed E-state index contributed by atoms with van der Waals surface area (Å²) in [6.07, 6.45) is 0. The van der Waals surface area contributed by atoms with Crippen molar-refractivity contribution in [3.05, 3.63) is 0 Å². The Morgan fingerprint density at radius 1 is 0.476 bits per heavy atom. The number of carboxylic acid groups (broad SMARTS) is 4. The van der Waals surface area contributed by atoms with E-state index in [1.165, 1.54) is 13.8 Å². The van der Waals surface area contributed by atoms with Crippen LogP contribution in [0.4, 0.5) is 0 Å². The number of hydrogen-bond acceptors (Lipinski definition) is 9. The fourth-order valence-corrected chi connectivity index (χ4v) is 0. The summed E-state index contributed by atoms with van der Waals surface area (Å²) in [4.78, 5) is 45.0. The molecule has 0 N–H and O–H groups in total. The van der Waals surface area contributed by atoms with Crippen LogP contribution in [0.1, 0.15) is 41.5 Å². The molecule has 0 aromatic rings. The Labute approximate surface area is 137 Å². The van der Waals surface area contributed by atoms with Crippen molar-refractivity contribution in [1.29, 1.82) is 0 Å². The van der Waals surface area contributed by atoms with Gasteiger partial charge in [0, 0.05) is 23.9 Å². The zero-order valence-electron chi connectivity index (χ0n) is 12.7. The van der Waals surface area contributed by atoms with E-state index in [4.69, 9.17) is 39.6 Å². The number of Topliss-reactive ketones (excluding diaryl/α,β-unsaturated/α-hetero) is 1. The summed E-state index contributed by atoms with van der Waals surface area (Å²) < 4.78 is 0. The van der Waals surface area contributed by atoms with Crippen LogP contribution >= 0.6 is 0 Å². The van der Waals surface area contributed by atoms with Gasteiger partial charge in [0.05, 0.1) is 0 Å². The van der Waals surface area contributed by atoms with E-state index in [-0.39, 0.29) is 27.5 Å². The van der Waals surface area contributed by atoms with Gasteiger partial charge in [0.15, 0.2) is 0 Å². The van der Waals surface area contributed by atoms with Gasteiger partial charge in [-0.1, -0.05) is 0 Å². The van der Waals surface area contributed by atoms with E-state index >= 15 is 0 Å². The van der Waals surface area contributed by atoms with Crippen molar-refractivity contribution < 1.29 is 66.1 Å². The SMILES string of the molecule is CC(=O)[O-].CC(=O)[O-].CC(=O)[O-].CC(=O)[O-].CC(C)=O.[Ti+4]. The molecule has 0 amide bonds. The number of rotatable bonds is 0. The van der Waals surface area contributed by atoms with Gasteiger partial charge in [-0.25, -0.2) is 0 Å². The molecule has 120 valence electrons. The minimum absolute atomic E-state index is 0. The van der Waals surface area contributed by atoms with E-state index in [0.717, 1.165) is 27.7 Å². The van der Waals surface area contributed by atoms with Crippen molar-refractivity contribution in [2.24, 2.45) is 0 Å². The summed E-state index contributed by atoms with van der Waals surface area (Å²) in [5.41, 5.74) is 0. The molecule has 0 aliphatic heterocycles. The minimum Gasteiger partial charge on any atom is -0.550 e. The second-order valence-corrected chi connectivity index (χ2v) is 2.87. The van der Waals surface area contributed by atoms with Crippen LogP contribution in [-0.4, -0.2) is 29.7 Å². The summed E-state index contributed by atoms with van der Waals surface area (Å²) in [7, 11) is 0. The maximum atomic E-state index is 9.44. The third-order valence-corrected chi connectivity index (χ3v) is 0. The number of ketones is 1. The summed E-state index contributed by atoms with van der Waals surface area (Å²) in [5.74, 6) is -4.17. The van der Waals surface area contributed by atoms with Gasteiger partial charge >= 0.3 is 21.7 Å². The second kappa shape index (κ2) is 30.9. The maximum absolute atomic E-state index is 9.44. The van der Waals surface area contributed by atoms with Gasteiger partial charge in [-0.05, 0) is 41.5 Å². The van der Waals surface area contributed by atoms with E-state index in [0.29, 0.717) is 0 Å². The topological polar surface area (TPSA) is 178 Å². The Morgan fingerprint density at radius 2 is 0.476 bits per heavy atom. The zero-order chi connectivity index (χ0) is 17.9. The van der Waals surface area contributed by atoms with Gasteiger partial charge in [0.25, 0.3) is 0 Å². The molecule has 0 aromatic heterocycles. The molecule has 0 atom stereocenters. The van der Waals surface area contributed by atoms with Crippen molar-refractivity contribution in [1.82, 2.24) is 0 Å². The van der Waals surface area contributed by atoms with Gasteiger partial charge in [0.1, 0.15) is 5.78 Å². The molecule has 0 heterocycles. The molecule has 9 nitrogen and oxygen atoms in total. The Kier molecular flexibility index (Phi) is 53.8. The summed E-state index contributed by atoms with van der Waals surface area (Å²) in [6.45, 7) is 6.94. The van der Waals surface area contributed by atoms with E-state index in [9.17, 15) is 4.79 Å². The van der Waals surface area contributed by atoms with Crippen LogP contribution < -0.4 is 20.4 Å². The monoisotopic (exact) mass is 342 g/mol. The molecule has 0 unspecified atom stereocenters. The summed E-state index contributed by atoms with van der Waals surface area (Å²) in [6, 6.07) is 0. The number of carbonyl (C=O) groups is 5. The van der Waals surface area contributed by atoms with E-state index in [1.54, 1.807) is 0 Å². The van der Waals surface area contributed by atoms with Gasteiger partial charge in [-0.2, -0.15) is 0 Å². The third-order valence-electron chi connectivity index (χ3n) is 0. The van der Waals surface area contributed by atoms with Crippen molar-refractivity contribution in [2.45, 2.75) is 41.5 Å². The largest absolute Gasteiger partial charge is 4.00 e. The summed E-state index contributed by atoms with van der Waals surface area (Å²) >= 11 is 0. The average Bonchev–Trinajstić information content (AvgIpc) is 1.94. The Bertz CT molecular complexity index is 210. The number of carbonyl (C=O) groups excluding carboxylic acids is 5. The Balaban J connectivity index is -0.0000000331. The molecule has 0 radical (unpaired) electrons. The first-order valence-corrected chi connectivity index (χ1v) is 4.84. The van der Waals surface area contributed by atoms with Gasteiger partial charge in [-0.3, -0.25) is 0 Å². The number of hydrogen-bond donors (Lipinski definition) is 0. The van der Waals surface area contributed by atoms with Gasteiger partial charge in [0.2, 0.25) is 0 Å². The third kappa shape index (κ3) is 1600. The maximum Gasteiger partial charge on any atom is 4.00 e. The smallest absolute Gasteiger partial charge is 0.550 e. The second-order valence-electron chi connectivity index (χ2n) is 2.87. The molecule has 0 saturated carbocycles. The first kappa shape index (κ1) is 36.5. The first-order valence-electron chi connectivity index (χ1n) is 4.84. The molecule has 0 spiro atoms. The minimum atomic E-state index is -1.08. The average molecular weight is 342 g/mol. The molecule has 0 saturated heterocycles. The van der Waals surface area contributed by atoms with Crippen LogP contribution in [0.15, 0.2) is 0 Å². The van der Waals surface area contributed by atoms with E-state index < -0.39 is 23.9 Å². The van der Waals surface area contributed by atoms with Gasteiger partial charge in [-0.15, -0.1) is 0 Å². The van der Waals surface area contributed by atoms with Crippen molar-refractivity contribution in [3.63, 3.8) is 0 Å². The fourth-order valence-electron chi connectivity index (χ4n) is 0. The molecule has 0 aliphatic carbocycles. The molecule has 0 bridgehead atoms. The molecule has 0 rings (SSSR count). The van der Waals surface area contributed by atoms with E-state index in [1.807, 2.05) is 0 Å². The predicted molar refractivity (Wildman–Crippen MR) is 59.1 cm³/mol. The van der Waals surface area contributed by atoms with Crippen LogP contribution in [0.3, 0.4) is 0 Å². The molecular weight excluding hydrogens is 324 g/mol. The van der Waals surface area contributed by atoms with E-state index in [2.05, 4.69) is 0 Å². The van der Waals surface area contributed by atoms with Crippen LogP contribution in [0.25, 0.3) is 0 Å². The zero-order valence-corrected chi connectivity index (χ0v) is 14.2. The summed E-state index contributed by atoms with van der Waals surface area (Å²) in [5, 5.41) is 35.6. The van der Waals surface area contributed by atoms with Crippen LogP contribution in [-0.2, 0) is 45.7 Å². The van der Waals surface area contributed by atoms with Crippen LogP contribution in [0.5, 0.6) is 0 Å². The standard InChI is InChI=1S/C3H6O.4C2H4O2.Ti/c1-3(2)4;4*1-2(3)4;/h1-2H3;4*1H3,(H,3,4);/q;;;;;+4/p-4. The fraction of sp³-hybridized carbons (Fsp3) is 0.545. The van der Waals surface area contributed by atoms with Crippen LogP contribution in [0, 0.1) is 0 Å². The molecular formula is C11H18O9Ti. The normalized spacial score (nSPS) is 6.00. The van der Waals surface area contributed by atoms with Crippen LogP contribution in [0.2, 0.25) is 0 Å². The number of carboxylic acids is 4.